The summed E-state index contributed by atoms with van der Waals surface area (Å²) in [6.45, 7) is -0.298. The highest BCUT2D eigenvalue weighted by molar-refractivity contribution is 7.92. The van der Waals surface area contributed by atoms with E-state index in [-0.39, 0.29) is 23.4 Å². The molecule has 0 bridgehead atoms. The van der Waals surface area contributed by atoms with Crippen LogP contribution in [0, 0.1) is 0 Å². The van der Waals surface area contributed by atoms with E-state index >= 15 is 0 Å². The van der Waals surface area contributed by atoms with Gasteiger partial charge in [0.2, 0.25) is 5.91 Å². The molecule has 8 heteroatoms. The van der Waals surface area contributed by atoms with E-state index in [4.69, 9.17) is 16.3 Å². The van der Waals surface area contributed by atoms with Crippen LogP contribution < -0.4 is 14.4 Å². The van der Waals surface area contributed by atoms with Crippen LogP contribution in [-0.4, -0.2) is 34.0 Å². The first-order valence-electron chi connectivity index (χ1n) is 9.12. The number of hydrogen-bond donors (Lipinski definition) is 1. The number of sulfonamides is 1. The van der Waals surface area contributed by atoms with Crippen LogP contribution in [0.2, 0.25) is 5.02 Å². The minimum Gasteiger partial charge on any atom is -0.497 e. The molecule has 0 spiro atoms. The van der Waals surface area contributed by atoms with Crippen LogP contribution in [0.1, 0.15) is 25.7 Å². The van der Waals surface area contributed by atoms with E-state index in [1.54, 1.807) is 24.3 Å². The second-order valence-electron chi connectivity index (χ2n) is 6.71. The van der Waals surface area contributed by atoms with Gasteiger partial charge in [-0.05, 0) is 61.4 Å². The van der Waals surface area contributed by atoms with Gasteiger partial charge < -0.3 is 10.1 Å². The molecular formula is C20H23ClN2O4S. The third kappa shape index (κ3) is 4.77. The minimum atomic E-state index is -3.95. The van der Waals surface area contributed by atoms with E-state index in [9.17, 15) is 13.2 Å². The molecule has 0 radical (unpaired) electrons. The predicted molar refractivity (Wildman–Crippen MR) is 109 cm³/mol. The summed E-state index contributed by atoms with van der Waals surface area (Å²) in [5, 5.41) is 3.38. The smallest absolute Gasteiger partial charge is 0.264 e. The molecule has 1 N–H and O–H groups in total. The lowest BCUT2D eigenvalue weighted by Gasteiger charge is -2.25. The number of nitrogens with one attached hydrogen (secondary N) is 1. The van der Waals surface area contributed by atoms with E-state index in [1.165, 1.54) is 31.4 Å². The van der Waals surface area contributed by atoms with Crippen LogP contribution in [0.25, 0.3) is 0 Å². The van der Waals surface area contributed by atoms with Crippen molar-refractivity contribution >= 4 is 33.2 Å². The number of nitrogens with zero attached hydrogens (tertiary/aromatic N) is 1. The zero-order valence-electron chi connectivity index (χ0n) is 15.6. The van der Waals surface area contributed by atoms with Gasteiger partial charge in [-0.1, -0.05) is 24.4 Å². The van der Waals surface area contributed by atoms with Crippen molar-refractivity contribution in [3.63, 3.8) is 0 Å². The lowest BCUT2D eigenvalue weighted by Crippen LogP contribution is -2.43. The monoisotopic (exact) mass is 422 g/mol. The Morgan fingerprint density at radius 1 is 1.11 bits per heavy atom. The van der Waals surface area contributed by atoms with E-state index in [0.717, 1.165) is 30.0 Å². The molecule has 0 unspecified atom stereocenters. The number of methoxy groups -OCH3 is 1. The maximum absolute atomic E-state index is 13.2. The lowest BCUT2D eigenvalue weighted by atomic mass is 10.2. The molecule has 6 nitrogen and oxygen atoms in total. The van der Waals surface area contributed by atoms with Crippen LogP contribution in [-0.2, 0) is 14.8 Å². The Labute approximate surface area is 170 Å². The van der Waals surface area contributed by atoms with Gasteiger partial charge in [0, 0.05) is 11.1 Å². The molecular weight excluding hydrogens is 400 g/mol. The minimum absolute atomic E-state index is 0.0707. The Hall–Kier alpha value is -2.25. The predicted octanol–water partition coefficient (Wildman–Crippen LogP) is 3.60. The largest absolute Gasteiger partial charge is 0.497 e. The first-order chi connectivity index (χ1) is 13.4. The molecule has 2 aromatic rings. The molecule has 2 aromatic carbocycles. The van der Waals surface area contributed by atoms with Crippen LogP contribution in [0.3, 0.4) is 0 Å². The quantitative estimate of drug-likeness (QED) is 0.739. The Kier molecular flexibility index (Phi) is 6.46. The van der Waals surface area contributed by atoms with Gasteiger partial charge in [-0.2, -0.15) is 0 Å². The molecule has 1 aliphatic carbocycles. The summed E-state index contributed by atoms with van der Waals surface area (Å²) in [6.07, 6.45) is 4.02. The molecule has 0 heterocycles. The maximum Gasteiger partial charge on any atom is 0.264 e. The molecule has 1 saturated carbocycles. The fraction of sp³-hybridized carbons (Fsp3) is 0.350. The highest BCUT2D eigenvalue weighted by Crippen LogP contribution is 2.26. The molecule has 28 heavy (non-hydrogen) atoms. The number of anilines is 1. The number of hydrogen-bond acceptors (Lipinski definition) is 4. The van der Waals surface area contributed by atoms with Crippen molar-refractivity contribution in [1.82, 2.24) is 5.32 Å². The van der Waals surface area contributed by atoms with Crippen molar-refractivity contribution in [2.24, 2.45) is 0 Å². The molecule has 150 valence electrons. The topological polar surface area (TPSA) is 75.7 Å². The second kappa shape index (κ2) is 8.84. The third-order valence-corrected chi connectivity index (χ3v) is 6.81. The van der Waals surface area contributed by atoms with Crippen LogP contribution in [0.4, 0.5) is 5.69 Å². The molecule has 1 fully saturated rings. The van der Waals surface area contributed by atoms with Gasteiger partial charge >= 0.3 is 0 Å². The average molecular weight is 423 g/mol. The van der Waals surface area contributed by atoms with Crippen molar-refractivity contribution < 1.29 is 17.9 Å². The number of rotatable bonds is 7. The van der Waals surface area contributed by atoms with Crippen molar-refractivity contribution in [3.05, 3.63) is 53.6 Å². The summed E-state index contributed by atoms with van der Waals surface area (Å²) in [4.78, 5) is 12.6. The molecule has 1 amide bonds. The molecule has 0 atom stereocenters. The Bertz CT molecular complexity index is 908. The fourth-order valence-electron chi connectivity index (χ4n) is 3.27. The van der Waals surface area contributed by atoms with Gasteiger partial charge in [0.25, 0.3) is 10.0 Å². The Morgan fingerprint density at radius 2 is 1.71 bits per heavy atom. The van der Waals surface area contributed by atoms with Gasteiger partial charge in [-0.15, -0.1) is 0 Å². The van der Waals surface area contributed by atoms with E-state index in [0.29, 0.717) is 16.5 Å². The zero-order chi connectivity index (χ0) is 20.1. The number of ether oxygens (including phenoxy) is 1. The van der Waals surface area contributed by atoms with Gasteiger partial charge in [0.1, 0.15) is 12.3 Å². The summed E-state index contributed by atoms with van der Waals surface area (Å²) in [7, 11) is -2.41. The van der Waals surface area contributed by atoms with E-state index in [1.807, 2.05) is 0 Å². The first kappa shape index (κ1) is 20.5. The van der Waals surface area contributed by atoms with Crippen molar-refractivity contribution in [1.29, 1.82) is 0 Å². The summed E-state index contributed by atoms with van der Waals surface area (Å²) in [5.74, 6) is 0.281. The van der Waals surface area contributed by atoms with Gasteiger partial charge in [0.15, 0.2) is 0 Å². The molecule has 0 aliphatic heterocycles. The Morgan fingerprint density at radius 3 is 2.29 bits per heavy atom. The summed E-state index contributed by atoms with van der Waals surface area (Å²) in [6, 6.07) is 12.6. The maximum atomic E-state index is 13.2. The van der Waals surface area contributed by atoms with Gasteiger partial charge in [-0.25, -0.2) is 8.42 Å². The third-order valence-electron chi connectivity index (χ3n) is 4.77. The SMILES string of the molecule is COc1ccc(N(CC(=O)NC2CCCC2)S(=O)(=O)c2ccc(Cl)cc2)cc1. The summed E-state index contributed by atoms with van der Waals surface area (Å²) >= 11 is 5.88. The van der Waals surface area contributed by atoms with Crippen LogP contribution in [0.15, 0.2) is 53.4 Å². The number of carbonyl (C=O) groups is 1. The number of benzene rings is 2. The lowest BCUT2D eigenvalue weighted by molar-refractivity contribution is -0.120. The van der Waals surface area contributed by atoms with Crippen LogP contribution >= 0.6 is 11.6 Å². The molecule has 0 saturated heterocycles. The van der Waals surface area contributed by atoms with Crippen LogP contribution in [0.5, 0.6) is 5.75 Å². The fourth-order valence-corrected chi connectivity index (χ4v) is 4.82. The first-order valence-corrected chi connectivity index (χ1v) is 10.9. The van der Waals surface area contributed by atoms with E-state index < -0.39 is 10.0 Å². The molecule has 3 rings (SSSR count). The average Bonchev–Trinajstić information content (AvgIpc) is 3.19. The van der Waals surface area contributed by atoms with Crippen molar-refractivity contribution in [2.75, 3.05) is 18.0 Å². The standard InChI is InChI=1S/C20H23ClN2O4S/c1-27-18-10-8-17(9-11-18)23(14-20(24)22-16-4-2-3-5-16)28(25,26)19-12-6-15(21)7-13-19/h6-13,16H,2-5,14H2,1H3,(H,22,24). The highest BCUT2D eigenvalue weighted by atomic mass is 35.5. The normalized spacial score (nSPS) is 14.6. The zero-order valence-corrected chi connectivity index (χ0v) is 17.2. The van der Waals surface area contributed by atoms with Crippen molar-refractivity contribution in [3.8, 4) is 5.75 Å². The second-order valence-corrected chi connectivity index (χ2v) is 9.01. The number of amides is 1. The highest BCUT2D eigenvalue weighted by Gasteiger charge is 2.28. The Balaban J connectivity index is 1.90. The summed E-state index contributed by atoms with van der Waals surface area (Å²) < 4.78 is 32.7. The van der Waals surface area contributed by atoms with E-state index in [2.05, 4.69) is 5.32 Å². The number of carbonyl (C=O) groups excluding carboxylic acids is 1. The summed E-state index contributed by atoms with van der Waals surface area (Å²) in [5.41, 5.74) is 0.386. The van der Waals surface area contributed by atoms with Crippen molar-refractivity contribution in [2.45, 2.75) is 36.6 Å². The van der Waals surface area contributed by atoms with Gasteiger partial charge in [-0.3, -0.25) is 9.10 Å². The number of halogens is 1. The van der Waals surface area contributed by atoms with Gasteiger partial charge in [0.05, 0.1) is 17.7 Å². The molecule has 1 aliphatic rings. The molecule has 0 aromatic heterocycles.